The molecule has 1 saturated heterocycles. The van der Waals surface area contributed by atoms with Gasteiger partial charge in [-0.2, -0.15) is 4.98 Å². The number of ether oxygens (including phenoxy) is 3. The van der Waals surface area contributed by atoms with Crippen LogP contribution in [0.5, 0.6) is 11.5 Å². The van der Waals surface area contributed by atoms with Gasteiger partial charge in [0.25, 0.3) is 0 Å². The van der Waals surface area contributed by atoms with Crippen LogP contribution in [0.15, 0.2) is 60.9 Å². The van der Waals surface area contributed by atoms with Crippen LogP contribution in [0.4, 0.5) is 17.7 Å². The SMILES string of the molecule is CCS(=O)(=O)N1CCc2c(-c3cnc(N(Cc4ccc(OC)cc4)Cc4ccc(OC)cc4)nc3)nc(N3CCOCC3)nc21. The van der Waals surface area contributed by atoms with Gasteiger partial charge in [-0.25, -0.2) is 23.4 Å². The average molecular weight is 632 g/mol. The van der Waals surface area contributed by atoms with Crippen LogP contribution in [0.25, 0.3) is 11.3 Å². The second kappa shape index (κ2) is 13.2. The third-order valence-corrected chi connectivity index (χ3v) is 9.79. The van der Waals surface area contributed by atoms with Gasteiger partial charge in [-0.05, 0) is 48.7 Å². The molecular weight excluding hydrogens is 594 g/mol. The standard InChI is InChI=1S/C32H37N7O5S/c1-4-45(40,41)39-14-13-28-29(35-32(36-30(28)39)37-15-17-44-18-16-37)25-19-33-31(34-20-25)38(21-23-5-9-26(42-2)10-6-23)22-24-7-11-27(43-3)12-8-24/h5-12,19-20H,4,13-18,21-22H2,1-3H3. The van der Waals surface area contributed by atoms with E-state index in [1.54, 1.807) is 33.5 Å². The number of hydrogen-bond donors (Lipinski definition) is 0. The van der Waals surface area contributed by atoms with Crippen LogP contribution < -0.4 is 23.6 Å². The molecule has 0 bridgehead atoms. The molecule has 0 radical (unpaired) electrons. The molecule has 1 fully saturated rings. The molecule has 2 aromatic carbocycles. The molecular formula is C32H37N7O5S. The van der Waals surface area contributed by atoms with Crippen molar-refractivity contribution in [3.63, 3.8) is 0 Å². The lowest BCUT2D eigenvalue weighted by Gasteiger charge is -2.28. The second-order valence-corrected chi connectivity index (χ2v) is 13.0. The molecule has 0 unspecified atom stereocenters. The van der Waals surface area contributed by atoms with Gasteiger partial charge in [0.2, 0.25) is 21.9 Å². The summed E-state index contributed by atoms with van der Waals surface area (Å²) in [5.41, 5.74) is 4.31. The first-order valence-electron chi connectivity index (χ1n) is 15.0. The normalized spacial score (nSPS) is 14.7. The number of aromatic nitrogens is 4. The Kier molecular flexibility index (Phi) is 8.99. The van der Waals surface area contributed by atoms with Gasteiger partial charge in [0, 0.05) is 56.2 Å². The van der Waals surface area contributed by atoms with Gasteiger partial charge in [0.15, 0.2) is 5.82 Å². The Morgan fingerprint density at radius 1 is 0.844 bits per heavy atom. The monoisotopic (exact) mass is 631 g/mol. The zero-order valence-corrected chi connectivity index (χ0v) is 26.5. The van der Waals surface area contributed by atoms with E-state index in [0.29, 0.717) is 81.3 Å². The summed E-state index contributed by atoms with van der Waals surface area (Å²) in [7, 11) is -0.197. The third-order valence-electron chi connectivity index (χ3n) is 8.03. The van der Waals surface area contributed by atoms with E-state index in [0.717, 1.165) is 28.2 Å². The molecule has 13 heteroatoms. The van der Waals surface area contributed by atoms with Crippen molar-refractivity contribution in [3.8, 4) is 22.8 Å². The van der Waals surface area contributed by atoms with Gasteiger partial charge in [-0.3, -0.25) is 4.31 Å². The van der Waals surface area contributed by atoms with Gasteiger partial charge < -0.3 is 24.0 Å². The molecule has 2 aliphatic rings. The van der Waals surface area contributed by atoms with E-state index in [4.69, 9.17) is 34.1 Å². The van der Waals surface area contributed by atoms with Gasteiger partial charge in [-0.1, -0.05) is 24.3 Å². The van der Waals surface area contributed by atoms with E-state index >= 15 is 0 Å². The number of morpholine rings is 1. The van der Waals surface area contributed by atoms with Crippen LogP contribution in [-0.2, 0) is 34.3 Å². The first-order chi connectivity index (χ1) is 21.9. The molecule has 0 amide bonds. The summed E-state index contributed by atoms with van der Waals surface area (Å²) in [4.78, 5) is 23.5. The molecule has 4 heterocycles. The van der Waals surface area contributed by atoms with Crippen molar-refractivity contribution in [2.75, 3.05) is 66.9 Å². The van der Waals surface area contributed by atoms with Gasteiger partial charge in [0.05, 0.1) is 38.9 Å². The summed E-state index contributed by atoms with van der Waals surface area (Å²) < 4.78 is 43.6. The van der Waals surface area contributed by atoms with Crippen LogP contribution in [0.1, 0.15) is 23.6 Å². The quantitative estimate of drug-likeness (QED) is 0.241. The summed E-state index contributed by atoms with van der Waals surface area (Å²) in [5.74, 6) is 3.05. The van der Waals surface area contributed by atoms with Crippen molar-refractivity contribution >= 4 is 27.7 Å². The summed E-state index contributed by atoms with van der Waals surface area (Å²) in [5, 5.41) is 0. The lowest BCUT2D eigenvalue weighted by Crippen LogP contribution is -2.38. The Bertz CT molecular complexity index is 1660. The van der Waals surface area contributed by atoms with E-state index < -0.39 is 10.0 Å². The average Bonchev–Trinajstić information content (AvgIpc) is 3.54. The number of anilines is 3. The van der Waals surface area contributed by atoms with E-state index in [1.807, 2.05) is 53.4 Å². The summed E-state index contributed by atoms with van der Waals surface area (Å²) in [6, 6.07) is 15.9. The van der Waals surface area contributed by atoms with Crippen LogP contribution in [0, 0.1) is 0 Å². The Hall–Kier alpha value is -4.49. The first-order valence-corrected chi connectivity index (χ1v) is 16.6. The Morgan fingerprint density at radius 3 is 1.96 bits per heavy atom. The van der Waals surface area contributed by atoms with E-state index in [9.17, 15) is 8.42 Å². The number of benzene rings is 2. The van der Waals surface area contributed by atoms with Crippen LogP contribution >= 0.6 is 0 Å². The number of hydrogen-bond acceptors (Lipinski definition) is 11. The molecule has 236 valence electrons. The molecule has 0 spiro atoms. The Morgan fingerprint density at radius 2 is 1.42 bits per heavy atom. The van der Waals surface area contributed by atoms with Crippen molar-refractivity contribution in [1.29, 1.82) is 0 Å². The molecule has 0 saturated carbocycles. The number of sulfonamides is 1. The van der Waals surface area contributed by atoms with Crippen LogP contribution in [-0.4, -0.2) is 81.2 Å². The minimum Gasteiger partial charge on any atom is -0.497 e. The fraction of sp³-hybridized carbons (Fsp3) is 0.375. The highest BCUT2D eigenvalue weighted by Gasteiger charge is 2.34. The fourth-order valence-corrected chi connectivity index (χ4v) is 6.59. The lowest BCUT2D eigenvalue weighted by atomic mass is 10.1. The van der Waals surface area contributed by atoms with Crippen LogP contribution in [0.2, 0.25) is 0 Å². The molecule has 2 aliphatic heterocycles. The summed E-state index contributed by atoms with van der Waals surface area (Å²) in [6.07, 6.45) is 4.04. The Balaban J connectivity index is 1.35. The minimum absolute atomic E-state index is 0.00526. The minimum atomic E-state index is -3.50. The topological polar surface area (TPSA) is 123 Å². The zero-order chi connectivity index (χ0) is 31.4. The number of fused-ring (bicyclic) bond motifs is 1. The predicted octanol–water partition coefficient (Wildman–Crippen LogP) is 3.71. The van der Waals surface area contributed by atoms with Crippen molar-refractivity contribution in [1.82, 2.24) is 19.9 Å². The Labute approximate surface area is 263 Å². The van der Waals surface area contributed by atoms with Crippen molar-refractivity contribution in [2.45, 2.75) is 26.4 Å². The molecule has 0 atom stereocenters. The zero-order valence-electron chi connectivity index (χ0n) is 25.7. The number of nitrogens with zero attached hydrogens (tertiary/aromatic N) is 7. The fourth-order valence-electron chi connectivity index (χ4n) is 5.49. The van der Waals surface area contributed by atoms with E-state index in [1.165, 1.54) is 4.31 Å². The van der Waals surface area contributed by atoms with Crippen LogP contribution in [0.3, 0.4) is 0 Å². The highest BCUT2D eigenvalue weighted by Crippen LogP contribution is 2.37. The van der Waals surface area contributed by atoms with Gasteiger partial charge in [-0.15, -0.1) is 0 Å². The third kappa shape index (κ3) is 6.64. The van der Waals surface area contributed by atoms with Crippen molar-refractivity contribution < 1.29 is 22.6 Å². The molecule has 4 aromatic rings. The lowest BCUT2D eigenvalue weighted by molar-refractivity contribution is 0.122. The van der Waals surface area contributed by atoms with E-state index in [-0.39, 0.29) is 5.75 Å². The summed E-state index contributed by atoms with van der Waals surface area (Å²) in [6.45, 7) is 5.49. The number of rotatable bonds is 11. The number of methoxy groups -OCH3 is 2. The van der Waals surface area contributed by atoms with Crippen molar-refractivity contribution in [3.05, 3.63) is 77.6 Å². The highest BCUT2D eigenvalue weighted by atomic mass is 32.2. The van der Waals surface area contributed by atoms with Gasteiger partial charge >= 0.3 is 0 Å². The maximum atomic E-state index is 13.0. The largest absolute Gasteiger partial charge is 0.497 e. The summed E-state index contributed by atoms with van der Waals surface area (Å²) >= 11 is 0. The van der Waals surface area contributed by atoms with Gasteiger partial charge in [0.1, 0.15) is 11.5 Å². The molecule has 12 nitrogen and oxygen atoms in total. The molecule has 0 aliphatic carbocycles. The van der Waals surface area contributed by atoms with Crippen molar-refractivity contribution in [2.24, 2.45) is 0 Å². The predicted molar refractivity (Wildman–Crippen MR) is 172 cm³/mol. The first kappa shape index (κ1) is 30.5. The highest BCUT2D eigenvalue weighted by molar-refractivity contribution is 7.92. The molecule has 6 rings (SSSR count). The molecule has 0 N–H and O–H groups in total. The molecule has 45 heavy (non-hydrogen) atoms. The molecule has 2 aromatic heterocycles. The maximum absolute atomic E-state index is 13.0. The van der Waals surface area contributed by atoms with E-state index in [2.05, 4.69) is 4.90 Å². The second-order valence-electron chi connectivity index (χ2n) is 10.8. The smallest absolute Gasteiger partial charge is 0.236 e. The maximum Gasteiger partial charge on any atom is 0.236 e.